The second kappa shape index (κ2) is 4.67. The van der Waals surface area contributed by atoms with Crippen LogP contribution in [0.1, 0.15) is 24.8 Å². The zero-order valence-electron chi connectivity index (χ0n) is 10.1. The summed E-state index contributed by atoms with van der Waals surface area (Å²) in [5, 5.41) is 3.56. The lowest BCUT2D eigenvalue weighted by atomic mass is 9.79. The highest BCUT2D eigenvalue weighted by Crippen LogP contribution is 2.32. The molecule has 1 saturated carbocycles. The molecule has 3 unspecified atom stereocenters. The maximum absolute atomic E-state index is 6.11. The molecule has 2 bridgehead atoms. The van der Waals surface area contributed by atoms with E-state index in [1.54, 1.807) is 0 Å². The molecule has 2 aliphatic heterocycles. The molecule has 2 heterocycles. The Morgan fingerprint density at radius 3 is 2.59 bits per heavy atom. The van der Waals surface area contributed by atoms with Crippen LogP contribution in [0, 0.1) is 5.92 Å². The summed E-state index contributed by atoms with van der Waals surface area (Å²) in [5.74, 6) is 1.67. The summed E-state index contributed by atoms with van der Waals surface area (Å²) in [4.78, 5) is 0. The van der Waals surface area contributed by atoms with Crippen LogP contribution >= 0.6 is 0 Å². The molecule has 2 saturated heterocycles. The van der Waals surface area contributed by atoms with Crippen LogP contribution in [0.4, 0.5) is 0 Å². The van der Waals surface area contributed by atoms with Gasteiger partial charge in [-0.25, -0.2) is 0 Å². The number of piperidine rings is 2. The summed E-state index contributed by atoms with van der Waals surface area (Å²) in [5.41, 5.74) is 6.74. The first-order valence-corrected chi connectivity index (χ1v) is 6.54. The third kappa shape index (κ3) is 2.31. The highest BCUT2D eigenvalue weighted by Gasteiger charge is 2.36. The number of hydrogen-bond donors (Lipinski definition) is 2. The summed E-state index contributed by atoms with van der Waals surface area (Å²) in [6, 6.07) is 8.85. The molecule has 3 N–H and O–H groups in total. The van der Waals surface area contributed by atoms with Crippen molar-refractivity contribution in [1.82, 2.24) is 5.32 Å². The number of hydrogen-bond acceptors (Lipinski definition) is 3. The van der Waals surface area contributed by atoms with Crippen LogP contribution in [0.15, 0.2) is 24.3 Å². The number of benzene rings is 1. The molecule has 0 amide bonds. The number of fused-ring (bicyclic) bond motifs is 3. The molecule has 0 radical (unpaired) electrons. The van der Waals surface area contributed by atoms with Crippen LogP contribution in [0.2, 0.25) is 0 Å². The van der Waals surface area contributed by atoms with Crippen molar-refractivity contribution >= 4 is 0 Å². The Bertz CT molecular complexity index is 368. The maximum Gasteiger partial charge on any atom is 0.119 e. The van der Waals surface area contributed by atoms with E-state index in [1.165, 1.54) is 12.8 Å². The zero-order valence-corrected chi connectivity index (χ0v) is 10.1. The van der Waals surface area contributed by atoms with Crippen LogP contribution in [0.3, 0.4) is 0 Å². The van der Waals surface area contributed by atoms with Gasteiger partial charge in [0.25, 0.3) is 0 Å². The molecule has 3 nitrogen and oxygen atoms in total. The van der Waals surface area contributed by atoms with E-state index in [0.29, 0.717) is 24.6 Å². The van der Waals surface area contributed by atoms with Gasteiger partial charge in [-0.15, -0.1) is 0 Å². The molecule has 3 atom stereocenters. The van der Waals surface area contributed by atoms with Crippen molar-refractivity contribution in [2.24, 2.45) is 11.7 Å². The molecule has 1 aromatic rings. The van der Waals surface area contributed by atoms with E-state index in [2.05, 4.69) is 17.4 Å². The zero-order chi connectivity index (χ0) is 11.7. The molecule has 3 aliphatic rings. The van der Waals surface area contributed by atoms with Crippen molar-refractivity contribution < 1.29 is 4.74 Å². The van der Waals surface area contributed by atoms with Gasteiger partial charge in [-0.3, -0.25) is 0 Å². The Hall–Kier alpha value is -1.06. The lowest BCUT2D eigenvalue weighted by molar-refractivity contribution is 0.0414. The fourth-order valence-electron chi connectivity index (χ4n) is 2.95. The molecule has 92 valence electrons. The van der Waals surface area contributed by atoms with Gasteiger partial charge in [0.2, 0.25) is 0 Å². The van der Waals surface area contributed by atoms with Crippen molar-refractivity contribution in [3.05, 3.63) is 29.8 Å². The molecule has 0 aromatic heterocycles. The second-order valence-electron chi connectivity index (χ2n) is 5.18. The van der Waals surface area contributed by atoms with Gasteiger partial charge in [0, 0.05) is 25.0 Å². The van der Waals surface area contributed by atoms with E-state index < -0.39 is 0 Å². The average Bonchev–Trinajstić information content (AvgIpc) is 2.41. The van der Waals surface area contributed by atoms with Gasteiger partial charge in [0.05, 0.1) is 0 Å². The van der Waals surface area contributed by atoms with Gasteiger partial charge in [0.15, 0.2) is 0 Å². The fraction of sp³-hybridized carbons (Fsp3) is 0.571. The first-order chi connectivity index (χ1) is 8.35. The molecule has 0 spiro atoms. The summed E-state index contributed by atoms with van der Waals surface area (Å²) in [6.07, 6.45) is 4.18. The standard InChI is InChI=1S/C14H20N2O/c15-8-10-1-5-13(6-2-10)17-14-7-12-4-3-11(14)9-16-12/h1-2,5-6,11-12,14,16H,3-4,7-9,15H2. The largest absolute Gasteiger partial charge is 0.490 e. The van der Waals surface area contributed by atoms with Gasteiger partial charge >= 0.3 is 0 Å². The van der Waals surface area contributed by atoms with Gasteiger partial charge in [-0.1, -0.05) is 12.1 Å². The van der Waals surface area contributed by atoms with E-state index >= 15 is 0 Å². The van der Waals surface area contributed by atoms with Crippen molar-refractivity contribution in [1.29, 1.82) is 0 Å². The third-order valence-electron chi connectivity index (χ3n) is 4.04. The summed E-state index contributed by atoms with van der Waals surface area (Å²) < 4.78 is 6.11. The number of ether oxygens (including phenoxy) is 1. The fourth-order valence-corrected chi connectivity index (χ4v) is 2.95. The molecular weight excluding hydrogens is 212 g/mol. The normalized spacial score (nSPS) is 31.5. The number of nitrogens with one attached hydrogen (secondary N) is 1. The first-order valence-electron chi connectivity index (χ1n) is 6.54. The van der Waals surface area contributed by atoms with Gasteiger partial charge in [0.1, 0.15) is 11.9 Å². The number of rotatable bonds is 3. The monoisotopic (exact) mass is 232 g/mol. The lowest BCUT2D eigenvalue weighted by Crippen LogP contribution is -2.53. The Labute approximate surface area is 102 Å². The van der Waals surface area contributed by atoms with Gasteiger partial charge < -0.3 is 15.8 Å². The highest BCUT2D eigenvalue weighted by molar-refractivity contribution is 5.27. The maximum atomic E-state index is 6.11. The second-order valence-corrected chi connectivity index (χ2v) is 5.18. The predicted molar refractivity (Wildman–Crippen MR) is 67.9 cm³/mol. The van der Waals surface area contributed by atoms with Gasteiger partial charge in [-0.05, 0) is 37.0 Å². The Morgan fingerprint density at radius 1 is 1.24 bits per heavy atom. The highest BCUT2D eigenvalue weighted by atomic mass is 16.5. The Kier molecular flexibility index (Phi) is 3.04. The van der Waals surface area contributed by atoms with E-state index in [4.69, 9.17) is 10.5 Å². The van der Waals surface area contributed by atoms with E-state index in [9.17, 15) is 0 Å². The summed E-state index contributed by atoms with van der Waals surface area (Å²) >= 11 is 0. The van der Waals surface area contributed by atoms with Crippen molar-refractivity contribution in [3.63, 3.8) is 0 Å². The third-order valence-corrected chi connectivity index (χ3v) is 4.04. The minimum absolute atomic E-state index is 0.402. The van der Waals surface area contributed by atoms with Crippen LogP contribution in [-0.2, 0) is 6.54 Å². The summed E-state index contributed by atoms with van der Waals surface area (Å²) in [7, 11) is 0. The SMILES string of the molecule is NCc1ccc(OC2CC3CCC2CN3)cc1. The summed E-state index contributed by atoms with van der Waals surface area (Å²) in [6.45, 7) is 1.72. The van der Waals surface area contributed by atoms with Crippen LogP contribution in [0.5, 0.6) is 5.75 Å². The molecule has 1 aromatic carbocycles. The Balaban J connectivity index is 1.66. The first kappa shape index (κ1) is 11.1. The van der Waals surface area contributed by atoms with Crippen molar-refractivity contribution in [2.75, 3.05) is 6.54 Å². The van der Waals surface area contributed by atoms with Crippen LogP contribution < -0.4 is 15.8 Å². The molecule has 3 heteroatoms. The molecule has 3 fully saturated rings. The Morgan fingerprint density at radius 2 is 2.06 bits per heavy atom. The van der Waals surface area contributed by atoms with Gasteiger partial charge in [-0.2, -0.15) is 0 Å². The number of nitrogens with two attached hydrogens (primary N) is 1. The van der Waals surface area contributed by atoms with Crippen LogP contribution in [-0.4, -0.2) is 18.7 Å². The van der Waals surface area contributed by atoms with E-state index in [0.717, 1.165) is 24.3 Å². The molecular formula is C14H20N2O. The quantitative estimate of drug-likeness (QED) is 0.833. The minimum atomic E-state index is 0.402. The van der Waals surface area contributed by atoms with E-state index in [-0.39, 0.29) is 0 Å². The molecule has 1 aliphatic carbocycles. The average molecular weight is 232 g/mol. The minimum Gasteiger partial charge on any atom is -0.490 e. The van der Waals surface area contributed by atoms with Crippen molar-refractivity contribution in [2.45, 2.75) is 38.0 Å². The molecule has 4 rings (SSSR count). The topological polar surface area (TPSA) is 47.3 Å². The lowest BCUT2D eigenvalue weighted by Gasteiger charge is -2.42. The van der Waals surface area contributed by atoms with E-state index in [1.807, 2.05) is 12.1 Å². The van der Waals surface area contributed by atoms with Crippen molar-refractivity contribution in [3.8, 4) is 5.75 Å². The smallest absolute Gasteiger partial charge is 0.119 e. The predicted octanol–water partition coefficient (Wildman–Crippen LogP) is 1.66. The molecule has 17 heavy (non-hydrogen) atoms. The van der Waals surface area contributed by atoms with Crippen LogP contribution in [0.25, 0.3) is 0 Å².